The van der Waals surface area contributed by atoms with Crippen LogP contribution in [0, 0.1) is 0 Å². The maximum atomic E-state index is 10.9. The van der Waals surface area contributed by atoms with Crippen molar-refractivity contribution in [3.05, 3.63) is 41.7 Å². The fraction of sp³-hybridized carbons (Fsp3) is 0.231. The summed E-state index contributed by atoms with van der Waals surface area (Å²) in [6, 6.07) is 7.75. The summed E-state index contributed by atoms with van der Waals surface area (Å²) in [6.45, 7) is 3.98. The van der Waals surface area contributed by atoms with Gasteiger partial charge in [-0.1, -0.05) is 32.0 Å². The maximum absolute atomic E-state index is 10.9. The molecule has 0 unspecified atom stereocenters. The molecule has 0 fully saturated rings. The second-order valence-corrected chi connectivity index (χ2v) is 4.30. The third-order valence-corrected chi connectivity index (χ3v) is 2.94. The van der Waals surface area contributed by atoms with E-state index in [-0.39, 0.29) is 11.0 Å². The Morgan fingerprint density at radius 3 is 2.62 bits per heavy atom. The average molecular weight is 215 g/mol. The monoisotopic (exact) mass is 215 g/mol. The van der Waals surface area contributed by atoms with Crippen LogP contribution in [0.3, 0.4) is 0 Å². The van der Waals surface area contributed by atoms with Crippen molar-refractivity contribution >= 4 is 17.7 Å². The highest BCUT2D eigenvalue weighted by atomic mass is 16.2. The third kappa shape index (κ3) is 1.36. The van der Waals surface area contributed by atoms with Crippen LogP contribution in [0.5, 0.6) is 0 Å². The number of aliphatic hydroxyl groups excluding tert-OH is 1. The summed E-state index contributed by atoms with van der Waals surface area (Å²) in [5.74, 6) is 0. The lowest BCUT2D eigenvalue weighted by Gasteiger charge is -2.21. The predicted molar refractivity (Wildman–Crippen MR) is 63.3 cm³/mol. The summed E-state index contributed by atoms with van der Waals surface area (Å²) in [4.78, 5) is 15.3. The van der Waals surface area contributed by atoms with Crippen LogP contribution >= 0.6 is 0 Å². The molecule has 1 aromatic rings. The minimum Gasteiger partial charge on any atom is -0.515 e. The largest absolute Gasteiger partial charge is 0.515 e. The molecule has 0 amide bonds. The topological polar surface area (TPSA) is 49.7 Å². The molecule has 3 nitrogen and oxygen atoms in total. The fourth-order valence-electron chi connectivity index (χ4n) is 2.06. The van der Waals surface area contributed by atoms with Gasteiger partial charge in [0.05, 0.1) is 23.2 Å². The zero-order chi connectivity index (χ0) is 11.8. The number of hydrogen-bond acceptors (Lipinski definition) is 3. The number of aliphatic hydroxyl groups is 1. The highest BCUT2D eigenvalue weighted by Crippen LogP contribution is 2.41. The van der Waals surface area contributed by atoms with Gasteiger partial charge >= 0.3 is 0 Å². The number of aliphatic imine (C=N–C) groups is 1. The standard InChI is InChI=1S/C13H13NO2/c1-13(2)10-5-3-4-6-11(10)14-12(13)9(7-15)8-16/h3-8,15H,1-2H3/b9-7+. The number of para-hydroxylation sites is 1. The first kappa shape index (κ1) is 10.6. The molecule has 2 rings (SSSR count). The number of rotatable bonds is 2. The summed E-state index contributed by atoms with van der Waals surface area (Å²) >= 11 is 0. The number of aldehydes is 1. The molecule has 1 heterocycles. The van der Waals surface area contributed by atoms with Gasteiger partial charge in [0, 0.05) is 5.41 Å². The number of hydrogen-bond donors (Lipinski definition) is 1. The molecule has 0 aliphatic carbocycles. The number of carbonyl (C=O) groups excluding carboxylic acids is 1. The second kappa shape index (κ2) is 3.59. The average Bonchev–Trinajstić information content (AvgIpc) is 2.54. The van der Waals surface area contributed by atoms with Crippen LogP contribution in [0.25, 0.3) is 0 Å². The molecule has 0 atom stereocenters. The molecule has 1 aliphatic rings. The number of benzene rings is 1. The van der Waals surface area contributed by atoms with E-state index in [1.165, 1.54) is 0 Å². The number of carbonyl (C=O) groups is 1. The van der Waals surface area contributed by atoms with Crippen molar-refractivity contribution in [1.29, 1.82) is 0 Å². The van der Waals surface area contributed by atoms with Crippen LogP contribution in [0.1, 0.15) is 19.4 Å². The zero-order valence-electron chi connectivity index (χ0n) is 9.27. The van der Waals surface area contributed by atoms with E-state index in [4.69, 9.17) is 5.11 Å². The molecule has 82 valence electrons. The second-order valence-electron chi connectivity index (χ2n) is 4.30. The number of allylic oxidation sites excluding steroid dienone is 1. The van der Waals surface area contributed by atoms with Crippen LogP contribution in [-0.4, -0.2) is 17.1 Å². The Bertz CT molecular complexity index is 498. The highest BCUT2D eigenvalue weighted by Gasteiger charge is 2.36. The fourth-order valence-corrected chi connectivity index (χ4v) is 2.06. The normalized spacial score (nSPS) is 17.9. The van der Waals surface area contributed by atoms with Gasteiger partial charge in [0.2, 0.25) is 0 Å². The molecule has 1 aromatic carbocycles. The van der Waals surface area contributed by atoms with E-state index in [1.807, 2.05) is 38.1 Å². The van der Waals surface area contributed by atoms with Crippen LogP contribution in [0.15, 0.2) is 41.1 Å². The molecule has 16 heavy (non-hydrogen) atoms. The molecule has 0 bridgehead atoms. The number of fused-ring (bicyclic) bond motifs is 1. The van der Waals surface area contributed by atoms with E-state index >= 15 is 0 Å². The van der Waals surface area contributed by atoms with Crippen LogP contribution < -0.4 is 0 Å². The maximum Gasteiger partial charge on any atom is 0.155 e. The molecule has 0 radical (unpaired) electrons. The van der Waals surface area contributed by atoms with Gasteiger partial charge in [0.15, 0.2) is 6.29 Å². The predicted octanol–water partition coefficient (Wildman–Crippen LogP) is 2.69. The Morgan fingerprint density at radius 2 is 2.06 bits per heavy atom. The first-order valence-corrected chi connectivity index (χ1v) is 5.10. The molecule has 1 aliphatic heterocycles. The SMILES string of the molecule is CC1(C)C(/C(C=O)=C/O)=Nc2ccccc21. The zero-order valence-corrected chi connectivity index (χ0v) is 9.27. The lowest BCUT2D eigenvalue weighted by atomic mass is 9.79. The minimum absolute atomic E-state index is 0.237. The lowest BCUT2D eigenvalue weighted by Crippen LogP contribution is -2.27. The van der Waals surface area contributed by atoms with Crippen molar-refractivity contribution in [2.24, 2.45) is 4.99 Å². The van der Waals surface area contributed by atoms with E-state index in [2.05, 4.69) is 4.99 Å². The van der Waals surface area contributed by atoms with Crippen molar-refractivity contribution in [3.8, 4) is 0 Å². The van der Waals surface area contributed by atoms with Crippen molar-refractivity contribution in [2.45, 2.75) is 19.3 Å². The van der Waals surface area contributed by atoms with Gasteiger partial charge in [-0.15, -0.1) is 0 Å². The lowest BCUT2D eigenvalue weighted by molar-refractivity contribution is -0.104. The summed E-state index contributed by atoms with van der Waals surface area (Å²) in [5.41, 5.74) is 2.45. The Kier molecular flexibility index (Phi) is 2.38. The van der Waals surface area contributed by atoms with E-state index in [9.17, 15) is 4.79 Å². The van der Waals surface area contributed by atoms with Gasteiger partial charge in [-0.25, -0.2) is 0 Å². The Hall–Kier alpha value is -1.90. The molecule has 0 spiro atoms. The molecule has 3 heteroatoms. The van der Waals surface area contributed by atoms with Crippen LogP contribution in [-0.2, 0) is 10.2 Å². The van der Waals surface area contributed by atoms with Crippen molar-refractivity contribution in [2.75, 3.05) is 0 Å². The van der Waals surface area contributed by atoms with E-state index in [1.54, 1.807) is 0 Å². The summed E-state index contributed by atoms with van der Waals surface area (Å²) in [7, 11) is 0. The third-order valence-electron chi connectivity index (χ3n) is 2.94. The van der Waals surface area contributed by atoms with Gasteiger partial charge in [0.25, 0.3) is 0 Å². The molecule has 0 aromatic heterocycles. The van der Waals surface area contributed by atoms with E-state index in [0.29, 0.717) is 12.0 Å². The first-order chi connectivity index (χ1) is 7.61. The van der Waals surface area contributed by atoms with E-state index < -0.39 is 0 Å². The molecule has 1 N–H and O–H groups in total. The quantitative estimate of drug-likeness (QED) is 0.468. The van der Waals surface area contributed by atoms with Gasteiger partial charge in [0.1, 0.15) is 0 Å². The molecular weight excluding hydrogens is 202 g/mol. The van der Waals surface area contributed by atoms with Crippen LogP contribution in [0.4, 0.5) is 5.69 Å². The van der Waals surface area contributed by atoms with Crippen LogP contribution in [0.2, 0.25) is 0 Å². The Morgan fingerprint density at radius 1 is 1.38 bits per heavy atom. The van der Waals surface area contributed by atoms with Crippen molar-refractivity contribution in [3.63, 3.8) is 0 Å². The van der Waals surface area contributed by atoms with Gasteiger partial charge < -0.3 is 5.11 Å². The smallest absolute Gasteiger partial charge is 0.155 e. The molecule has 0 saturated heterocycles. The van der Waals surface area contributed by atoms with Gasteiger partial charge in [-0.3, -0.25) is 9.79 Å². The summed E-state index contributed by atoms with van der Waals surface area (Å²) in [6.07, 6.45) is 1.45. The summed E-state index contributed by atoms with van der Waals surface area (Å²) < 4.78 is 0. The Labute approximate surface area is 94.1 Å². The number of nitrogens with zero attached hydrogens (tertiary/aromatic N) is 1. The van der Waals surface area contributed by atoms with Gasteiger partial charge in [-0.05, 0) is 11.6 Å². The minimum atomic E-state index is -0.341. The van der Waals surface area contributed by atoms with Crippen molar-refractivity contribution in [1.82, 2.24) is 0 Å². The first-order valence-electron chi connectivity index (χ1n) is 5.10. The summed E-state index contributed by atoms with van der Waals surface area (Å²) in [5, 5.41) is 9.02. The molecular formula is C13H13NO2. The molecule has 0 saturated carbocycles. The van der Waals surface area contributed by atoms with E-state index in [0.717, 1.165) is 17.5 Å². The Balaban J connectivity index is 2.59. The van der Waals surface area contributed by atoms with Gasteiger partial charge in [-0.2, -0.15) is 0 Å². The highest BCUT2D eigenvalue weighted by molar-refractivity contribution is 6.21. The van der Waals surface area contributed by atoms with Crippen molar-refractivity contribution < 1.29 is 9.90 Å².